The van der Waals surface area contributed by atoms with Crippen LogP contribution in [0.5, 0.6) is 0 Å². The van der Waals surface area contributed by atoms with Crippen molar-refractivity contribution in [2.45, 2.75) is 19.9 Å². The van der Waals surface area contributed by atoms with Gasteiger partial charge in [0, 0.05) is 18.7 Å². The molecule has 1 aliphatic heterocycles. The Labute approximate surface area is 138 Å². The lowest BCUT2D eigenvalue weighted by molar-refractivity contribution is -0.140. The van der Waals surface area contributed by atoms with Crippen molar-refractivity contribution in [1.29, 1.82) is 0 Å². The minimum Gasteiger partial charge on any atom is -0.480 e. The third-order valence-electron chi connectivity index (χ3n) is 3.58. The van der Waals surface area contributed by atoms with Gasteiger partial charge >= 0.3 is 12.0 Å². The second kappa shape index (κ2) is 6.87. The Morgan fingerprint density at radius 1 is 1.39 bits per heavy atom. The molecule has 7 nitrogen and oxygen atoms in total. The number of aliphatic carboxylic acids is 1. The smallest absolute Gasteiger partial charge is 0.326 e. The Balaban J connectivity index is 2.24. The van der Waals surface area contributed by atoms with Gasteiger partial charge in [-0.05, 0) is 24.1 Å². The lowest BCUT2D eigenvalue weighted by Crippen LogP contribution is -2.44. The monoisotopic (exact) mass is 339 g/mol. The minimum atomic E-state index is -1.10. The fraction of sp³-hybridized carbons (Fsp3) is 0.400. The molecule has 0 aromatic heterocycles. The molecule has 1 aromatic rings. The Hall–Kier alpha value is -2.28. The number of amides is 3. The summed E-state index contributed by atoms with van der Waals surface area (Å²) in [6.07, 6.45) is 0. The topological polar surface area (TPSA) is 98.7 Å². The van der Waals surface area contributed by atoms with Crippen LogP contribution < -0.4 is 15.5 Å². The average molecular weight is 340 g/mol. The zero-order chi connectivity index (χ0) is 17.1. The summed E-state index contributed by atoms with van der Waals surface area (Å²) in [6, 6.07) is 3.23. The number of nitrogens with zero attached hydrogens (tertiary/aromatic N) is 1. The zero-order valence-corrected chi connectivity index (χ0v) is 13.6. The second-order valence-electron chi connectivity index (χ2n) is 5.58. The molecule has 1 aromatic carbocycles. The molecule has 1 saturated heterocycles. The van der Waals surface area contributed by atoms with Gasteiger partial charge in [-0.2, -0.15) is 0 Å². The van der Waals surface area contributed by atoms with E-state index in [1.165, 1.54) is 23.1 Å². The molecule has 0 radical (unpaired) electrons. The van der Waals surface area contributed by atoms with E-state index in [1.54, 1.807) is 13.8 Å². The van der Waals surface area contributed by atoms with Gasteiger partial charge in [0.25, 0.3) is 5.91 Å². The molecule has 1 atom stereocenters. The van der Waals surface area contributed by atoms with Crippen LogP contribution in [0, 0.1) is 5.92 Å². The quantitative estimate of drug-likeness (QED) is 0.760. The molecule has 1 fully saturated rings. The summed E-state index contributed by atoms with van der Waals surface area (Å²) < 4.78 is 0. The summed E-state index contributed by atoms with van der Waals surface area (Å²) in [5, 5.41) is 14.6. The molecule has 3 amide bonds. The van der Waals surface area contributed by atoms with E-state index in [0.717, 1.165) is 0 Å². The number of carbonyl (C=O) groups excluding carboxylic acids is 2. The van der Waals surface area contributed by atoms with Crippen molar-refractivity contribution in [3.63, 3.8) is 0 Å². The van der Waals surface area contributed by atoms with Crippen molar-refractivity contribution >= 4 is 35.2 Å². The van der Waals surface area contributed by atoms with Gasteiger partial charge in [-0.1, -0.05) is 25.4 Å². The number of carboxylic acid groups (broad SMARTS) is 1. The molecule has 3 N–H and O–H groups in total. The predicted molar refractivity (Wildman–Crippen MR) is 85.9 cm³/mol. The first-order valence-corrected chi connectivity index (χ1v) is 7.57. The van der Waals surface area contributed by atoms with E-state index in [9.17, 15) is 14.4 Å². The Kier molecular flexibility index (Phi) is 5.10. The molecule has 0 unspecified atom stereocenters. The molecule has 0 saturated carbocycles. The number of carbonyl (C=O) groups is 3. The molecule has 124 valence electrons. The molecule has 23 heavy (non-hydrogen) atoms. The lowest BCUT2D eigenvalue weighted by Gasteiger charge is -2.20. The number of anilines is 1. The first-order valence-electron chi connectivity index (χ1n) is 7.20. The van der Waals surface area contributed by atoms with Crippen LogP contribution in [-0.2, 0) is 4.79 Å². The van der Waals surface area contributed by atoms with Gasteiger partial charge in [-0.25, -0.2) is 9.59 Å². The van der Waals surface area contributed by atoms with Crippen LogP contribution >= 0.6 is 11.6 Å². The number of carboxylic acids is 1. The first kappa shape index (κ1) is 17.1. The van der Waals surface area contributed by atoms with E-state index in [0.29, 0.717) is 23.8 Å². The first-order chi connectivity index (χ1) is 10.8. The normalized spacial score (nSPS) is 15.5. The van der Waals surface area contributed by atoms with Gasteiger partial charge in [0.05, 0.1) is 10.7 Å². The highest BCUT2D eigenvalue weighted by Crippen LogP contribution is 2.28. The van der Waals surface area contributed by atoms with Crippen LogP contribution in [0.4, 0.5) is 10.5 Å². The van der Waals surface area contributed by atoms with Gasteiger partial charge in [0.1, 0.15) is 6.04 Å². The highest BCUT2D eigenvalue weighted by molar-refractivity contribution is 6.34. The van der Waals surface area contributed by atoms with Crippen molar-refractivity contribution in [2.24, 2.45) is 5.92 Å². The van der Waals surface area contributed by atoms with Crippen LogP contribution in [-0.4, -0.2) is 42.1 Å². The fourth-order valence-electron chi connectivity index (χ4n) is 2.30. The van der Waals surface area contributed by atoms with Crippen LogP contribution in [0.1, 0.15) is 24.2 Å². The third-order valence-corrected chi connectivity index (χ3v) is 3.89. The third kappa shape index (κ3) is 3.73. The molecule has 2 rings (SSSR count). The highest BCUT2D eigenvalue weighted by Gasteiger charge is 2.26. The molecule has 0 aliphatic carbocycles. The van der Waals surface area contributed by atoms with Crippen LogP contribution in [0.25, 0.3) is 0 Å². The van der Waals surface area contributed by atoms with Crippen molar-refractivity contribution in [2.75, 3.05) is 18.0 Å². The molecular weight excluding hydrogens is 322 g/mol. The molecule has 1 aliphatic rings. The van der Waals surface area contributed by atoms with E-state index in [2.05, 4.69) is 10.6 Å². The van der Waals surface area contributed by atoms with Crippen molar-refractivity contribution < 1.29 is 19.5 Å². The summed E-state index contributed by atoms with van der Waals surface area (Å²) in [4.78, 5) is 36.7. The summed E-state index contributed by atoms with van der Waals surface area (Å²) in [5.41, 5.74) is 0.668. The van der Waals surface area contributed by atoms with Crippen LogP contribution in [0.15, 0.2) is 18.2 Å². The fourth-order valence-corrected chi connectivity index (χ4v) is 2.52. The number of halogens is 1. The summed E-state index contributed by atoms with van der Waals surface area (Å²) >= 11 is 6.11. The maximum atomic E-state index is 12.3. The largest absolute Gasteiger partial charge is 0.480 e. The molecule has 8 heteroatoms. The average Bonchev–Trinajstić information content (AvgIpc) is 2.90. The predicted octanol–water partition coefficient (Wildman–Crippen LogP) is 1.71. The maximum Gasteiger partial charge on any atom is 0.326 e. The van der Waals surface area contributed by atoms with Gasteiger partial charge < -0.3 is 15.7 Å². The Morgan fingerprint density at radius 3 is 2.61 bits per heavy atom. The number of hydrogen-bond donors (Lipinski definition) is 3. The number of urea groups is 1. The molecule has 0 spiro atoms. The number of nitrogens with one attached hydrogen (secondary N) is 2. The minimum absolute atomic E-state index is 0.246. The Bertz CT molecular complexity index is 648. The SMILES string of the molecule is CC(C)[C@@H](NC(=O)c1ccc(Cl)c(N2CCNC2=O)c1)C(=O)O. The second-order valence-corrected chi connectivity index (χ2v) is 5.99. The number of benzene rings is 1. The van der Waals surface area contributed by atoms with Crippen LogP contribution in [0.2, 0.25) is 5.02 Å². The summed E-state index contributed by atoms with van der Waals surface area (Å²) in [7, 11) is 0. The zero-order valence-electron chi connectivity index (χ0n) is 12.8. The molecular formula is C15H18ClN3O4. The summed E-state index contributed by atoms with van der Waals surface area (Å²) in [5.74, 6) is -1.88. The van der Waals surface area contributed by atoms with Crippen LogP contribution in [0.3, 0.4) is 0 Å². The molecule has 1 heterocycles. The van der Waals surface area contributed by atoms with E-state index in [1.807, 2.05) is 0 Å². The van der Waals surface area contributed by atoms with E-state index >= 15 is 0 Å². The Morgan fingerprint density at radius 2 is 2.09 bits per heavy atom. The van der Waals surface area contributed by atoms with E-state index in [4.69, 9.17) is 16.7 Å². The van der Waals surface area contributed by atoms with Crippen molar-refractivity contribution in [3.05, 3.63) is 28.8 Å². The van der Waals surface area contributed by atoms with Gasteiger partial charge in [0.2, 0.25) is 0 Å². The number of rotatable bonds is 5. The van der Waals surface area contributed by atoms with Gasteiger partial charge in [-0.15, -0.1) is 0 Å². The highest BCUT2D eigenvalue weighted by atomic mass is 35.5. The standard InChI is InChI=1S/C15H18ClN3O4/c1-8(2)12(14(21)22)18-13(20)9-3-4-10(16)11(7-9)19-6-5-17-15(19)23/h3-4,7-8,12H,5-6H2,1-2H3,(H,17,23)(H,18,20)(H,21,22)/t12-/m1/s1. The number of hydrogen-bond acceptors (Lipinski definition) is 3. The molecule has 0 bridgehead atoms. The van der Waals surface area contributed by atoms with E-state index < -0.39 is 17.9 Å². The van der Waals surface area contributed by atoms with E-state index in [-0.39, 0.29) is 17.5 Å². The van der Waals surface area contributed by atoms with Gasteiger partial charge in [-0.3, -0.25) is 9.69 Å². The van der Waals surface area contributed by atoms with Crippen molar-refractivity contribution in [3.8, 4) is 0 Å². The summed E-state index contributed by atoms with van der Waals surface area (Å²) in [6.45, 7) is 4.37. The lowest BCUT2D eigenvalue weighted by atomic mass is 10.0. The maximum absolute atomic E-state index is 12.3. The van der Waals surface area contributed by atoms with Gasteiger partial charge in [0.15, 0.2) is 0 Å². The van der Waals surface area contributed by atoms with Crippen molar-refractivity contribution in [1.82, 2.24) is 10.6 Å².